The van der Waals surface area contributed by atoms with E-state index in [4.69, 9.17) is 15.0 Å². The van der Waals surface area contributed by atoms with Gasteiger partial charge in [-0.1, -0.05) is 30.7 Å². The summed E-state index contributed by atoms with van der Waals surface area (Å²) in [5.41, 5.74) is 2.10. The maximum Gasteiger partial charge on any atom is 0.387 e. The van der Waals surface area contributed by atoms with Crippen LogP contribution in [0.5, 0.6) is 11.5 Å². The Morgan fingerprint density at radius 3 is 2.65 bits per heavy atom. The molecule has 10 heteroatoms. The molecule has 1 unspecified atom stereocenters. The highest BCUT2D eigenvalue weighted by Gasteiger charge is 2.29. The molecule has 0 amide bonds. The SMILES string of the molecule is NS(=O)(=O)Cc1ccc2c(c1)C(CCCCCC(=O)O)Oc1cccc(OC(F)F)c1-2. The number of carboxylic acids is 1. The number of primary sulfonamides is 1. The lowest BCUT2D eigenvalue weighted by Gasteiger charge is -2.30. The lowest BCUT2D eigenvalue weighted by Crippen LogP contribution is -2.18. The molecule has 0 aliphatic carbocycles. The highest BCUT2D eigenvalue weighted by atomic mass is 32.2. The van der Waals surface area contributed by atoms with Gasteiger partial charge in [-0.05, 0) is 42.5 Å². The van der Waals surface area contributed by atoms with E-state index in [1.54, 1.807) is 30.3 Å². The van der Waals surface area contributed by atoms with Crippen LogP contribution in [0.2, 0.25) is 0 Å². The lowest BCUT2D eigenvalue weighted by atomic mass is 9.89. The number of halogens is 2. The Labute approximate surface area is 178 Å². The minimum Gasteiger partial charge on any atom is -0.485 e. The molecule has 0 bridgehead atoms. The van der Waals surface area contributed by atoms with Crippen LogP contribution in [0.15, 0.2) is 36.4 Å². The van der Waals surface area contributed by atoms with Gasteiger partial charge in [0.15, 0.2) is 0 Å². The maximum absolute atomic E-state index is 12.9. The van der Waals surface area contributed by atoms with E-state index in [0.29, 0.717) is 53.7 Å². The molecule has 3 rings (SSSR count). The molecule has 168 valence electrons. The number of rotatable bonds is 10. The third kappa shape index (κ3) is 6.14. The van der Waals surface area contributed by atoms with E-state index in [1.165, 1.54) is 6.07 Å². The van der Waals surface area contributed by atoms with Crippen LogP contribution in [0.1, 0.15) is 49.3 Å². The number of hydrogen-bond donors (Lipinski definition) is 2. The van der Waals surface area contributed by atoms with Crippen LogP contribution in [-0.2, 0) is 20.6 Å². The first-order valence-corrected chi connectivity index (χ1v) is 11.5. The number of fused-ring (bicyclic) bond motifs is 3. The highest BCUT2D eigenvalue weighted by molar-refractivity contribution is 7.88. The average molecular weight is 455 g/mol. The Hall–Kier alpha value is -2.72. The van der Waals surface area contributed by atoms with Gasteiger partial charge in [-0.3, -0.25) is 4.79 Å². The summed E-state index contributed by atoms with van der Waals surface area (Å²) < 4.78 is 59.6. The third-order valence-electron chi connectivity index (χ3n) is 4.93. The molecule has 31 heavy (non-hydrogen) atoms. The van der Waals surface area contributed by atoms with Crippen molar-refractivity contribution in [3.8, 4) is 22.6 Å². The molecule has 1 heterocycles. The number of nitrogens with two attached hydrogens (primary N) is 1. The van der Waals surface area contributed by atoms with Gasteiger partial charge < -0.3 is 14.6 Å². The van der Waals surface area contributed by atoms with Gasteiger partial charge in [0.25, 0.3) is 0 Å². The zero-order chi connectivity index (χ0) is 22.6. The van der Waals surface area contributed by atoms with Crippen molar-refractivity contribution in [1.29, 1.82) is 0 Å². The molecule has 3 N–H and O–H groups in total. The second-order valence-corrected chi connectivity index (χ2v) is 8.95. The Balaban J connectivity index is 1.94. The molecule has 1 aliphatic rings. The minimum atomic E-state index is -3.76. The van der Waals surface area contributed by atoms with E-state index in [2.05, 4.69) is 4.74 Å². The summed E-state index contributed by atoms with van der Waals surface area (Å²) in [6.45, 7) is -3.01. The van der Waals surface area contributed by atoms with Crippen molar-refractivity contribution in [2.24, 2.45) is 5.14 Å². The fourth-order valence-electron chi connectivity index (χ4n) is 3.71. The van der Waals surface area contributed by atoms with Crippen LogP contribution in [0.4, 0.5) is 8.78 Å². The molecule has 1 aliphatic heterocycles. The number of carbonyl (C=O) groups is 1. The molecule has 2 aromatic carbocycles. The van der Waals surface area contributed by atoms with Crippen LogP contribution in [0.3, 0.4) is 0 Å². The molecule has 0 radical (unpaired) electrons. The minimum absolute atomic E-state index is 0.0344. The normalized spacial score (nSPS) is 15.2. The summed E-state index contributed by atoms with van der Waals surface area (Å²) in [5.74, 6) is -0.867. The van der Waals surface area contributed by atoms with Crippen molar-refractivity contribution >= 4 is 16.0 Å². The largest absolute Gasteiger partial charge is 0.485 e. The smallest absolute Gasteiger partial charge is 0.387 e. The number of aliphatic carboxylic acids is 1. The molecule has 0 fully saturated rings. The molecule has 0 aromatic heterocycles. The summed E-state index contributed by atoms with van der Waals surface area (Å²) in [4.78, 5) is 10.7. The molecule has 1 atom stereocenters. The van der Waals surface area contributed by atoms with Crippen molar-refractivity contribution in [1.82, 2.24) is 0 Å². The quantitative estimate of drug-likeness (QED) is 0.519. The van der Waals surface area contributed by atoms with E-state index >= 15 is 0 Å². The fourth-order valence-corrected chi connectivity index (χ4v) is 4.36. The number of benzene rings is 2. The van der Waals surface area contributed by atoms with Crippen molar-refractivity contribution in [3.05, 3.63) is 47.5 Å². The van der Waals surface area contributed by atoms with Crippen LogP contribution in [0.25, 0.3) is 11.1 Å². The van der Waals surface area contributed by atoms with Gasteiger partial charge in [0.05, 0.1) is 11.3 Å². The van der Waals surface area contributed by atoms with Crippen LogP contribution >= 0.6 is 0 Å². The number of unbranched alkanes of at least 4 members (excludes halogenated alkanes) is 2. The highest BCUT2D eigenvalue weighted by Crippen LogP contribution is 2.49. The number of hydrogen-bond acceptors (Lipinski definition) is 5. The first-order chi connectivity index (χ1) is 14.6. The third-order valence-corrected chi connectivity index (χ3v) is 5.67. The molecular weight excluding hydrogens is 432 g/mol. The summed E-state index contributed by atoms with van der Waals surface area (Å²) in [6, 6.07) is 9.54. The van der Waals surface area contributed by atoms with Crippen molar-refractivity contribution in [3.63, 3.8) is 0 Å². The van der Waals surface area contributed by atoms with Crippen molar-refractivity contribution in [2.75, 3.05) is 0 Å². The molecule has 0 spiro atoms. The van der Waals surface area contributed by atoms with Gasteiger partial charge in [0.2, 0.25) is 10.0 Å². The van der Waals surface area contributed by atoms with Crippen LogP contribution in [-0.4, -0.2) is 26.1 Å². The van der Waals surface area contributed by atoms with Gasteiger partial charge in [0, 0.05) is 12.0 Å². The Kier molecular flexibility index (Phi) is 7.11. The van der Waals surface area contributed by atoms with E-state index in [9.17, 15) is 22.0 Å². The number of ether oxygens (including phenoxy) is 2. The first kappa shape index (κ1) is 23.0. The van der Waals surface area contributed by atoms with E-state index in [1.807, 2.05) is 0 Å². The van der Waals surface area contributed by atoms with Crippen molar-refractivity contribution in [2.45, 2.75) is 50.6 Å². The second-order valence-electron chi connectivity index (χ2n) is 7.34. The van der Waals surface area contributed by atoms with Crippen molar-refractivity contribution < 1.29 is 36.6 Å². The lowest BCUT2D eigenvalue weighted by molar-refractivity contribution is -0.137. The summed E-state index contributed by atoms with van der Waals surface area (Å²) in [6.07, 6.45) is 2.07. The molecule has 7 nitrogen and oxygen atoms in total. The van der Waals surface area contributed by atoms with E-state index in [-0.39, 0.29) is 17.9 Å². The predicted octanol–water partition coefficient (Wildman–Crippen LogP) is 4.21. The summed E-state index contributed by atoms with van der Waals surface area (Å²) in [7, 11) is -3.76. The maximum atomic E-state index is 12.9. The van der Waals surface area contributed by atoms with Crippen LogP contribution in [0, 0.1) is 0 Å². The Morgan fingerprint density at radius 1 is 1.19 bits per heavy atom. The molecule has 2 aromatic rings. The first-order valence-electron chi connectivity index (χ1n) is 9.74. The van der Waals surface area contributed by atoms with E-state index in [0.717, 1.165) is 0 Å². The van der Waals surface area contributed by atoms with Crippen LogP contribution < -0.4 is 14.6 Å². The number of alkyl halides is 2. The standard InChI is InChI=1S/C21H23F2NO6S/c22-21(23)30-18-7-4-6-17-20(18)14-10-9-13(12-31(24,27)28)11-15(14)16(29-17)5-2-1-3-8-19(25)26/h4,6-7,9-11,16,21H,1-3,5,8,12H2,(H,25,26)(H2,24,27,28). The van der Waals surface area contributed by atoms with Gasteiger partial charge in [-0.25, -0.2) is 13.6 Å². The zero-order valence-electron chi connectivity index (χ0n) is 16.6. The van der Waals surface area contributed by atoms with Gasteiger partial charge in [-0.15, -0.1) is 0 Å². The Bertz CT molecular complexity index is 1060. The van der Waals surface area contributed by atoms with Gasteiger partial charge in [-0.2, -0.15) is 8.78 Å². The number of sulfonamides is 1. The second kappa shape index (κ2) is 9.61. The average Bonchev–Trinajstić information content (AvgIpc) is 2.65. The summed E-state index contributed by atoms with van der Waals surface area (Å²) in [5, 5.41) is 13.9. The monoisotopic (exact) mass is 455 g/mol. The fraction of sp³-hybridized carbons (Fsp3) is 0.381. The molecule has 0 saturated carbocycles. The Morgan fingerprint density at radius 2 is 1.97 bits per heavy atom. The number of carboxylic acid groups (broad SMARTS) is 1. The summed E-state index contributed by atoms with van der Waals surface area (Å²) >= 11 is 0. The predicted molar refractivity (Wildman–Crippen MR) is 109 cm³/mol. The van der Waals surface area contributed by atoms with Gasteiger partial charge >= 0.3 is 12.6 Å². The molecular formula is C21H23F2NO6S. The van der Waals surface area contributed by atoms with Gasteiger partial charge in [0.1, 0.15) is 17.6 Å². The van der Waals surface area contributed by atoms with E-state index < -0.39 is 28.7 Å². The zero-order valence-corrected chi connectivity index (χ0v) is 17.4. The topological polar surface area (TPSA) is 116 Å². The molecule has 0 saturated heterocycles.